The highest BCUT2D eigenvalue weighted by Gasteiger charge is 2.33. The molecule has 0 saturated heterocycles. The highest BCUT2D eigenvalue weighted by atomic mass is 32.2. The van der Waals surface area contributed by atoms with Gasteiger partial charge in [0.25, 0.3) is 0 Å². The van der Waals surface area contributed by atoms with Crippen LogP contribution in [0.2, 0.25) is 0 Å². The molecule has 4 rings (SSSR count). The molecule has 0 aliphatic rings. The normalized spacial score (nSPS) is 11.4. The minimum atomic E-state index is -4.20. The SMILES string of the molecule is Cc1ccc(S(=O)(=O)c2c(C)nn(-c3ccccc3)c2OC(=O)c2c(F)cccc2F)cc1. The first-order valence-corrected chi connectivity index (χ1v) is 11.3. The van der Waals surface area contributed by atoms with E-state index in [-0.39, 0.29) is 15.5 Å². The Morgan fingerprint density at radius 3 is 2.09 bits per heavy atom. The zero-order valence-electron chi connectivity index (χ0n) is 17.6. The molecule has 0 aliphatic heterocycles. The van der Waals surface area contributed by atoms with Crippen LogP contribution in [0.25, 0.3) is 5.69 Å². The number of carbonyl (C=O) groups is 1. The Kier molecular flexibility index (Phi) is 5.82. The van der Waals surface area contributed by atoms with Crippen molar-refractivity contribution < 1.29 is 26.7 Å². The van der Waals surface area contributed by atoms with Gasteiger partial charge in [0, 0.05) is 0 Å². The minimum absolute atomic E-state index is 0.0433. The molecule has 0 radical (unpaired) electrons. The number of aryl methyl sites for hydroxylation is 2. The zero-order valence-corrected chi connectivity index (χ0v) is 18.4. The number of halogens is 2. The van der Waals surface area contributed by atoms with Crippen LogP contribution in [0.1, 0.15) is 21.6 Å². The van der Waals surface area contributed by atoms with Crippen molar-refractivity contribution >= 4 is 15.8 Å². The van der Waals surface area contributed by atoms with Crippen LogP contribution < -0.4 is 4.74 Å². The van der Waals surface area contributed by atoms with Crippen LogP contribution >= 0.6 is 0 Å². The van der Waals surface area contributed by atoms with E-state index in [0.29, 0.717) is 5.69 Å². The van der Waals surface area contributed by atoms with E-state index < -0.39 is 38.9 Å². The number of hydrogen-bond donors (Lipinski definition) is 0. The number of ether oxygens (including phenoxy) is 1. The summed E-state index contributed by atoms with van der Waals surface area (Å²) in [6.07, 6.45) is 0. The van der Waals surface area contributed by atoms with Crippen LogP contribution in [0.15, 0.2) is 82.6 Å². The van der Waals surface area contributed by atoms with Crippen LogP contribution in [0.3, 0.4) is 0 Å². The van der Waals surface area contributed by atoms with Crippen molar-refractivity contribution in [1.82, 2.24) is 9.78 Å². The summed E-state index contributed by atoms with van der Waals surface area (Å²) in [7, 11) is -4.20. The predicted molar refractivity (Wildman–Crippen MR) is 116 cm³/mol. The summed E-state index contributed by atoms with van der Waals surface area (Å²) in [5, 5.41) is 4.25. The molecule has 1 aromatic heterocycles. The monoisotopic (exact) mass is 468 g/mol. The molecular weight excluding hydrogens is 450 g/mol. The lowest BCUT2D eigenvalue weighted by Gasteiger charge is -2.12. The maximum absolute atomic E-state index is 14.2. The number of carbonyl (C=O) groups excluding carboxylic acids is 1. The minimum Gasteiger partial charge on any atom is -0.402 e. The van der Waals surface area contributed by atoms with E-state index in [1.165, 1.54) is 19.1 Å². The van der Waals surface area contributed by atoms with E-state index in [9.17, 15) is 22.0 Å². The third-order valence-corrected chi connectivity index (χ3v) is 6.82. The van der Waals surface area contributed by atoms with E-state index >= 15 is 0 Å². The quantitative estimate of drug-likeness (QED) is 0.393. The Hall–Kier alpha value is -3.85. The first-order valence-electron chi connectivity index (χ1n) is 9.83. The van der Waals surface area contributed by atoms with E-state index in [2.05, 4.69) is 5.10 Å². The Morgan fingerprint density at radius 2 is 1.48 bits per heavy atom. The molecule has 3 aromatic carbocycles. The van der Waals surface area contributed by atoms with Crippen LogP contribution in [0.4, 0.5) is 8.78 Å². The van der Waals surface area contributed by atoms with Crippen LogP contribution in [0, 0.1) is 25.5 Å². The summed E-state index contributed by atoms with van der Waals surface area (Å²) in [4.78, 5) is 12.4. The van der Waals surface area contributed by atoms with E-state index in [4.69, 9.17) is 4.74 Å². The zero-order chi connectivity index (χ0) is 23.8. The van der Waals surface area contributed by atoms with Gasteiger partial charge in [-0.05, 0) is 50.2 Å². The first kappa shape index (κ1) is 22.3. The Labute approximate surface area is 189 Å². The molecule has 4 aromatic rings. The van der Waals surface area contributed by atoms with Crippen molar-refractivity contribution in [3.05, 3.63) is 101 Å². The highest BCUT2D eigenvalue weighted by Crippen LogP contribution is 2.35. The molecular formula is C24H18F2N2O4S. The number of para-hydroxylation sites is 1. The number of benzene rings is 3. The van der Waals surface area contributed by atoms with Crippen LogP contribution in [0.5, 0.6) is 5.88 Å². The number of esters is 1. The fourth-order valence-corrected chi connectivity index (χ4v) is 4.82. The molecule has 9 heteroatoms. The molecule has 0 fully saturated rings. The topological polar surface area (TPSA) is 78.3 Å². The van der Waals surface area contributed by atoms with Gasteiger partial charge in [-0.3, -0.25) is 0 Å². The second-order valence-electron chi connectivity index (χ2n) is 7.27. The fraction of sp³-hybridized carbons (Fsp3) is 0.0833. The Bertz CT molecular complexity index is 1430. The summed E-state index contributed by atoms with van der Waals surface area (Å²) in [6.45, 7) is 3.26. The Balaban J connectivity index is 1.92. The molecule has 168 valence electrons. The number of aromatic nitrogens is 2. The lowest BCUT2D eigenvalue weighted by atomic mass is 10.2. The van der Waals surface area contributed by atoms with Gasteiger partial charge < -0.3 is 4.74 Å². The average molecular weight is 468 g/mol. The predicted octanol–water partition coefficient (Wildman–Crippen LogP) is 4.82. The van der Waals surface area contributed by atoms with Gasteiger partial charge >= 0.3 is 5.97 Å². The van der Waals surface area contributed by atoms with E-state index in [1.54, 1.807) is 42.5 Å². The number of sulfone groups is 1. The highest BCUT2D eigenvalue weighted by molar-refractivity contribution is 7.91. The summed E-state index contributed by atoms with van der Waals surface area (Å²) in [5.41, 5.74) is 0.362. The van der Waals surface area contributed by atoms with Crippen molar-refractivity contribution in [3.8, 4) is 11.6 Å². The third kappa shape index (κ3) is 4.14. The molecule has 0 N–H and O–H groups in total. The van der Waals surface area contributed by atoms with Crippen molar-refractivity contribution in [2.45, 2.75) is 23.6 Å². The molecule has 6 nitrogen and oxygen atoms in total. The summed E-state index contributed by atoms with van der Waals surface area (Å²) in [5.74, 6) is -4.12. The molecule has 0 bridgehead atoms. The summed E-state index contributed by atoms with van der Waals surface area (Å²) >= 11 is 0. The van der Waals surface area contributed by atoms with Crippen LogP contribution in [-0.2, 0) is 9.84 Å². The van der Waals surface area contributed by atoms with Gasteiger partial charge in [-0.2, -0.15) is 9.78 Å². The van der Waals surface area contributed by atoms with Gasteiger partial charge in [-0.1, -0.05) is 42.0 Å². The smallest absolute Gasteiger partial charge is 0.350 e. The number of rotatable bonds is 5. The maximum atomic E-state index is 14.2. The third-order valence-electron chi connectivity index (χ3n) is 4.92. The molecule has 0 amide bonds. The second-order valence-corrected chi connectivity index (χ2v) is 9.16. The van der Waals surface area contributed by atoms with Crippen molar-refractivity contribution in [2.24, 2.45) is 0 Å². The lowest BCUT2D eigenvalue weighted by Crippen LogP contribution is -2.17. The van der Waals surface area contributed by atoms with Gasteiger partial charge in [0.15, 0.2) is 4.90 Å². The maximum Gasteiger partial charge on any atom is 0.350 e. The van der Waals surface area contributed by atoms with Crippen molar-refractivity contribution in [3.63, 3.8) is 0 Å². The molecule has 0 atom stereocenters. The van der Waals surface area contributed by atoms with Gasteiger partial charge in [0.2, 0.25) is 15.7 Å². The number of nitrogens with zero attached hydrogens (tertiary/aromatic N) is 2. The van der Waals surface area contributed by atoms with E-state index in [1.807, 2.05) is 6.92 Å². The molecule has 0 unspecified atom stereocenters. The lowest BCUT2D eigenvalue weighted by molar-refractivity contribution is 0.0708. The van der Waals surface area contributed by atoms with Gasteiger partial charge in [-0.15, -0.1) is 0 Å². The molecule has 33 heavy (non-hydrogen) atoms. The molecule has 0 aliphatic carbocycles. The Morgan fingerprint density at radius 1 is 0.879 bits per heavy atom. The average Bonchev–Trinajstić information content (AvgIpc) is 3.11. The second kappa shape index (κ2) is 8.59. The fourth-order valence-electron chi connectivity index (χ4n) is 3.30. The summed E-state index contributed by atoms with van der Waals surface area (Å²) < 4.78 is 61.8. The molecule has 0 spiro atoms. The van der Waals surface area contributed by atoms with Gasteiger partial charge in [0.1, 0.15) is 17.2 Å². The first-order chi connectivity index (χ1) is 15.7. The standard InChI is InChI=1S/C24H18F2N2O4S/c1-15-11-13-18(14-12-15)33(30,31)22-16(2)27-28(17-7-4-3-5-8-17)23(22)32-24(29)21-19(25)9-6-10-20(21)26/h3-14H,1-2H3. The largest absolute Gasteiger partial charge is 0.402 e. The molecule has 1 heterocycles. The van der Waals surface area contributed by atoms with Gasteiger partial charge in [-0.25, -0.2) is 22.0 Å². The summed E-state index contributed by atoms with van der Waals surface area (Å²) in [6, 6.07) is 17.4. The molecule has 0 saturated carbocycles. The number of hydrogen-bond acceptors (Lipinski definition) is 5. The van der Waals surface area contributed by atoms with Crippen molar-refractivity contribution in [1.29, 1.82) is 0 Å². The van der Waals surface area contributed by atoms with Gasteiger partial charge in [0.05, 0.1) is 16.3 Å². The van der Waals surface area contributed by atoms with E-state index in [0.717, 1.165) is 28.4 Å². The van der Waals surface area contributed by atoms with Crippen molar-refractivity contribution in [2.75, 3.05) is 0 Å². The van der Waals surface area contributed by atoms with Crippen LogP contribution in [-0.4, -0.2) is 24.2 Å².